The molecule has 0 N–H and O–H groups in total. The molecular formula is C31H30F4N4O2S. The maximum absolute atomic E-state index is 13.5. The number of amides is 1. The molecule has 0 saturated carbocycles. The molecule has 42 heavy (non-hydrogen) atoms. The van der Waals surface area contributed by atoms with Gasteiger partial charge in [0.05, 0.1) is 11.3 Å². The number of benzene rings is 2. The number of rotatable bonds is 11. The monoisotopic (exact) mass is 598 g/mol. The standard InChI is InChI=1S/C31H30F4N4O2S/c1-3-15-38(17-22-7-14-27(36-16-22)24-8-10-25(11-9-24)31(33,34)35)28(40)19-39-18-23(4-2)29(41)37-30(39)42-20-21-5-12-26(32)13-6-21/h5-14,16,18H,3-4,15,17,19-20H2,1-2H3. The predicted octanol–water partition coefficient (Wildman–Crippen LogP) is 6.76. The van der Waals surface area contributed by atoms with Gasteiger partial charge in [0.15, 0.2) is 5.16 Å². The summed E-state index contributed by atoms with van der Waals surface area (Å²) in [6.45, 7) is 4.57. The normalized spacial score (nSPS) is 11.5. The molecule has 0 saturated heterocycles. The second-order valence-electron chi connectivity index (χ2n) is 9.69. The Balaban J connectivity index is 1.49. The van der Waals surface area contributed by atoms with E-state index in [-0.39, 0.29) is 23.8 Å². The summed E-state index contributed by atoms with van der Waals surface area (Å²) in [4.78, 5) is 36.3. The topological polar surface area (TPSA) is 68.1 Å². The number of hydrogen-bond donors (Lipinski definition) is 0. The molecule has 0 aliphatic carbocycles. The van der Waals surface area contributed by atoms with Crippen LogP contribution in [0.1, 0.15) is 42.5 Å². The first-order chi connectivity index (χ1) is 20.1. The van der Waals surface area contributed by atoms with Crippen LogP contribution in [0.2, 0.25) is 0 Å². The van der Waals surface area contributed by atoms with Crippen LogP contribution in [0.15, 0.2) is 83.0 Å². The number of carbonyl (C=O) groups excluding carboxylic acids is 1. The van der Waals surface area contributed by atoms with Gasteiger partial charge in [0.25, 0.3) is 5.56 Å². The second-order valence-corrected chi connectivity index (χ2v) is 10.6. The van der Waals surface area contributed by atoms with Crippen molar-refractivity contribution in [2.45, 2.75) is 56.9 Å². The van der Waals surface area contributed by atoms with E-state index in [0.29, 0.717) is 47.2 Å². The number of carbonyl (C=O) groups is 1. The van der Waals surface area contributed by atoms with Crippen molar-refractivity contribution in [3.8, 4) is 11.3 Å². The van der Waals surface area contributed by atoms with Crippen molar-refractivity contribution < 1.29 is 22.4 Å². The van der Waals surface area contributed by atoms with Crippen molar-refractivity contribution in [1.29, 1.82) is 0 Å². The number of aryl methyl sites for hydroxylation is 1. The van der Waals surface area contributed by atoms with E-state index in [9.17, 15) is 27.2 Å². The third-order valence-corrected chi connectivity index (χ3v) is 7.61. The van der Waals surface area contributed by atoms with E-state index in [1.54, 1.807) is 46.1 Å². The van der Waals surface area contributed by atoms with Crippen molar-refractivity contribution in [3.05, 3.63) is 111 Å². The molecule has 220 valence electrons. The fraction of sp³-hybridized carbons (Fsp3) is 0.290. The van der Waals surface area contributed by atoms with Crippen molar-refractivity contribution in [1.82, 2.24) is 19.4 Å². The van der Waals surface area contributed by atoms with Gasteiger partial charge in [-0.05, 0) is 54.3 Å². The summed E-state index contributed by atoms with van der Waals surface area (Å²) in [6.07, 6.45) is 0.0700. The minimum Gasteiger partial charge on any atom is -0.337 e. The molecule has 0 bridgehead atoms. The maximum Gasteiger partial charge on any atom is 0.416 e. The lowest BCUT2D eigenvalue weighted by Gasteiger charge is -2.24. The molecule has 0 radical (unpaired) electrons. The van der Waals surface area contributed by atoms with Crippen LogP contribution < -0.4 is 5.56 Å². The first kappa shape index (κ1) is 31.0. The van der Waals surface area contributed by atoms with Gasteiger partial charge >= 0.3 is 6.18 Å². The van der Waals surface area contributed by atoms with E-state index in [2.05, 4.69) is 9.97 Å². The lowest BCUT2D eigenvalue weighted by molar-refractivity contribution is -0.137. The Morgan fingerprint density at radius 2 is 1.67 bits per heavy atom. The highest BCUT2D eigenvalue weighted by molar-refractivity contribution is 7.98. The molecule has 4 rings (SSSR count). The van der Waals surface area contributed by atoms with Crippen LogP contribution in [0.3, 0.4) is 0 Å². The fourth-order valence-electron chi connectivity index (χ4n) is 4.27. The third-order valence-electron chi connectivity index (χ3n) is 6.55. The number of aromatic nitrogens is 3. The van der Waals surface area contributed by atoms with Crippen LogP contribution in [0.5, 0.6) is 0 Å². The molecule has 2 heterocycles. The number of halogens is 4. The molecule has 4 aromatic rings. The van der Waals surface area contributed by atoms with Crippen LogP contribution in [0, 0.1) is 5.82 Å². The lowest BCUT2D eigenvalue weighted by atomic mass is 10.1. The summed E-state index contributed by atoms with van der Waals surface area (Å²) in [5, 5.41) is 0.397. The molecule has 0 unspecified atom stereocenters. The molecule has 0 aliphatic heterocycles. The Hall–Kier alpha value is -3.99. The average molecular weight is 599 g/mol. The van der Waals surface area contributed by atoms with E-state index >= 15 is 0 Å². The number of pyridine rings is 1. The SMILES string of the molecule is CCCN(Cc1ccc(-c2ccc(C(F)(F)F)cc2)nc1)C(=O)Cn1cc(CC)c(=O)nc1SCc1ccc(F)cc1. The van der Waals surface area contributed by atoms with Gasteiger partial charge in [-0.1, -0.05) is 55.9 Å². The van der Waals surface area contributed by atoms with E-state index in [0.717, 1.165) is 29.7 Å². The van der Waals surface area contributed by atoms with E-state index in [4.69, 9.17) is 0 Å². The number of nitrogens with zero attached hydrogens (tertiary/aromatic N) is 4. The zero-order chi connectivity index (χ0) is 30.3. The van der Waals surface area contributed by atoms with E-state index < -0.39 is 11.7 Å². The number of thioether (sulfide) groups is 1. The van der Waals surface area contributed by atoms with Crippen LogP contribution in [-0.4, -0.2) is 31.9 Å². The van der Waals surface area contributed by atoms with E-state index in [1.807, 2.05) is 13.8 Å². The summed E-state index contributed by atoms with van der Waals surface area (Å²) < 4.78 is 53.6. The minimum absolute atomic E-state index is 0.0247. The zero-order valence-corrected chi connectivity index (χ0v) is 24.0. The summed E-state index contributed by atoms with van der Waals surface area (Å²) in [5.74, 6) is -0.0564. The van der Waals surface area contributed by atoms with Crippen LogP contribution in [0.4, 0.5) is 17.6 Å². The van der Waals surface area contributed by atoms with Crippen LogP contribution >= 0.6 is 11.8 Å². The molecule has 0 aliphatic rings. The van der Waals surface area contributed by atoms with Gasteiger partial charge in [0.2, 0.25) is 5.91 Å². The Labute approximate surface area is 245 Å². The summed E-state index contributed by atoms with van der Waals surface area (Å²) >= 11 is 1.30. The van der Waals surface area contributed by atoms with Gasteiger partial charge in [-0.15, -0.1) is 0 Å². The number of hydrogen-bond acceptors (Lipinski definition) is 5. The Kier molecular flexibility index (Phi) is 10.2. The molecule has 1 amide bonds. The van der Waals surface area contributed by atoms with Crippen molar-refractivity contribution >= 4 is 17.7 Å². The Morgan fingerprint density at radius 1 is 0.976 bits per heavy atom. The van der Waals surface area contributed by atoms with Gasteiger partial charge < -0.3 is 9.47 Å². The first-order valence-corrected chi connectivity index (χ1v) is 14.4. The van der Waals surface area contributed by atoms with Crippen molar-refractivity contribution in [2.75, 3.05) is 6.54 Å². The second kappa shape index (κ2) is 13.8. The van der Waals surface area contributed by atoms with Crippen LogP contribution in [-0.2, 0) is 36.2 Å². The Bertz CT molecular complexity index is 1550. The molecule has 0 spiro atoms. The average Bonchev–Trinajstić information content (AvgIpc) is 2.97. The molecule has 2 aromatic carbocycles. The van der Waals surface area contributed by atoms with E-state index in [1.165, 1.54) is 36.0 Å². The quantitative estimate of drug-likeness (QED) is 0.108. The van der Waals surface area contributed by atoms with Gasteiger partial charge in [-0.3, -0.25) is 14.6 Å². The highest BCUT2D eigenvalue weighted by atomic mass is 32.2. The lowest BCUT2D eigenvalue weighted by Crippen LogP contribution is -2.35. The van der Waals surface area contributed by atoms with Gasteiger partial charge in [0.1, 0.15) is 12.4 Å². The van der Waals surface area contributed by atoms with Crippen LogP contribution in [0.25, 0.3) is 11.3 Å². The maximum atomic E-state index is 13.5. The predicted molar refractivity (Wildman–Crippen MR) is 154 cm³/mol. The number of alkyl halides is 3. The summed E-state index contributed by atoms with van der Waals surface area (Å²) in [5.41, 5.74) is 2.14. The van der Waals surface area contributed by atoms with Gasteiger partial charge in [-0.25, -0.2) is 4.39 Å². The largest absolute Gasteiger partial charge is 0.416 e. The smallest absolute Gasteiger partial charge is 0.337 e. The molecular weight excluding hydrogens is 568 g/mol. The summed E-state index contributed by atoms with van der Waals surface area (Å²) in [6, 6.07) is 14.4. The highest BCUT2D eigenvalue weighted by Crippen LogP contribution is 2.30. The molecule has 0 atom stereocenters. The first-order valence-electron chi connectivity index (χ1n) is 13.4. The minimum atomic E-state index is -4.41. The molecule has 11 heteroatoms. The summed E-state index contributed by atoms with van der Waals surface area (Å²) in [7, 11) is 0. The van der Waals surface area contributed by atoms with Gasteiger partial charge in [-0.2, -0.15) is 18.2 Å². The van der Waals surface area contributed by atoms with Crippen molar-refractivity contribution in [3.63, 3.8) is 0 Å². The van der Waals surface area contributed by atoms with Crippen molar-refractivity contribution in [2.24, 2.45) is 0 Å². The Morgan fingerprint density at radius 3 is 2.26 bits per heavy atom. The molecule has 6 nitrogen and oxygen atoms in total. The molecule has 2 aromatic heterocycles. The highest BCUT2D eigenvalue weighted by Gasteiger charge is 2.30. The fourth-order valence-corrected chi connectivity index (χ4v) is 5.19. The molecule has 0 fully saturated rings. The zero-order valence-electron chi connectivity index (χ0n) is 23.2. The van der Waals surface area contributed by atoms with Gasteiger partial charge in [0, 0.05) is 42.4 Å². The third kappa shape index (κ3) is 8.06.